The summed E-state index contributed by atoms with van der Waals surface area (Å²) < 4.78 is 11.2. The van der Waals surface area contributed by atoms with E-state index in [1.54, 1.807) is 19.4 Å². The Bertz CT molecular complexity index is 422. The monoisotopic (exact) mass is 253 g/mol. The number of aromatic nitrogens is 1. The van der Waals surface area contributed by atoms with Crippen molar-refractivity contribution < 1.29 is 9.15 Å². The minimum Gasteiger partial charge on any atom is -0.468 e. The maximum absolute atomic E-state index is 5.36. The topological polar surface area (TPSA) is 35.3 Å². The second kappa shape index (κ2) is 3.84. The lowest BCUT2D eigenvalue weighted by atomic mass is 10.3. The Morgan fingerprint density at radius 1 is 1.29 bits per heavy atom. The van der Waals surface area contributed by atoms with Crippen LogP contribution in [0.2, 0.25) is 0 Å². The molecular formula is C10H8BrNO2. The van der Waals surface area contributed by atoms with Gasteiger partial charge in [-0.25, -0.2) is 0 Å². The number of rotatable bonds is 2. The molecular weight excluding hydrogens is 246 g/mol. The van der Waals surface area contributed by atoms with Crippen LogP contribution in [0.3, 0.4) is 0 Å². The first-order valence-corrected chi connectivity index (χ1v) is 4.84. The number of nitrogens with zero attached hydrogens (tertiary/aromatic N) is 1. The molecule has 0 aliphatic rings. The van der Waals surface area contributed by atoms with E-state index in [1.165, 1.54) is 0 Å². The number of ether oxygens (including phenoxy) is 1. The second-order valence-electron chi connectivity index (χ2n) is 2.68. The molecule has 2 heterocycles. The van der Waals surface area contributed by atoms with Gasteiger partial charge in [0.1, 0.15) is 5.69 Å². The zero-order valence-corrected chi connectivity index (χ0v) is 9.11. The molecule has 0 atom stereocenters. The first-order chi connectivity index (χ1) is 6.79. The van der Waals surface area contributed by atoms with E-state index in [2.05, 4.69) is 20.9 Å². The van der Waals surface area contributed by atoms with Crippen LogP contribution in [0.4, 0.5) is 0 Å². The molecule has 2 aromatic heterocycles. The van der Waals surface area contributed by atoms with E-state index >= 15 is 0 Å². The van der Waals surface area contributed by atoms with Crippen LogP contribution in [0.25, 0.3) is 11.5 Å². The number of hydrogen-bond donors (Lipinski definition) is 0. The quantitative estimate of drug-likeness (QED) is 0.825. The molecule has 0 amide bonds. The molecule has 14 heavy (non-hydrogen) atoms. The molecule has 0 N–H and O–H groups in total. The molecule has 0 fully saturated rings. The lowest BCUT2D eigenvalue weighted by Crippen LogP contribution is -1.80. The summed E-state index contributed by atoms with van der Waals surface area (Å²) >= 11 is 3.32. The molecule has 4 heteroatoms. The van der Waals surface area contributed by atoms with Crippen molar-refractivity contribution >= 4 is 15.9 Å². The zero-order valence-electron chi connectivity index (χ0n) is 7.53. The van der Waals surface area contributed by atoms with Crippen LogP contribution in [0.5, 0.6) is 5.95 Å². The smallest absolute Gasteiger partial charge is 0.284 e. The van der Waals surface area contributed by atoms with Gasteiger partial charge in [-0.05, 0) is 34.1 Å². The van der Waals surface area contributed by atoms with E-state index in [0.29, 0.717) is 11.7 Å². The third-order valence-electron chi connectivity index (χ3n) is 1.76. The van der Waals surface area contributed by atoms with Gasteiger partial charge in [0.2, 0.25) is 0 Å². The van der Waals surface area contributed by atoms with Gasteiger partial charge in [0.15, 0.2) is 5.76 Å². The fourth-order valence-corrected chi connectivity index (χ4v) is 1.32. The van der Waals surface area contributed by atoms with E-state index in [0.717, 1.165) is 10.2 Å². The Kier molecular flexibility index (Phi) is 2.54. The number of halogens is 1. The third-order valence-corrected chi connectivity index (χ3v) is 2.23. The predicted molar refractivity (Wildman–Crippen MR) is 56.2 cm³/mol. The van der Waals surface area contributed by atoms with Crippen molar-refractivity contribution in [1.29, 1.82) is 0 Å². The molecule has 0 saturated heterocycles. The van der Waals surface area contributed by atoms with Gasteiger partial charge in [-0.15, -0.1) is 0 Å². The Labute approximate surface area is 89.8 Å². The van der Waals surface area contributed by atoms with Crippen molar-refractivity contribution in [2.45, 2.75) is 0 Å². The standard InChI is InChI=1S/C10H8BrNO2/c1-13-10-5-4-9(14-10)8-3-2-7(11)6-12-8/h2-6H,1H3. The van der Waals surface area contributed by atoms with E-state index in [9.17, 15) is 0 Å². The summed E-state index contributed by atoms with van der Waals surface area (Å²) in [6, 6.07) is 7.38. The first kappa shape index (κ1) is 9.27. The van der Waals surface area contributed by atoms with E-state index in [4.69, 9.17) is 9.15 Å². The van der Waals surface area contributed by atoms with Crippen molar-refractivity contribution in [1.82, 2.24) is 4.98 Å². The highest BCUT2D eigenvalue weighted by molar-refractivity contribution is 9.10. The number of methoxy groups -OCH3 is 1. The second-order valence-corrected chi connectivity index (χ2v) is 3.60. The number of hydrogen-bond acceptors (Lipinski definition) is 3. The van der Waals surface area contributed by atoms with Crippen molar-refractivity contribution in [2.24, 2.45) is 0 Å². The number of furan rings is 1. The third kappa shape index (κ3) is 1.80. The highest BCUT2D eigenvalue weighted by atomic mass is 79.9. The summed E-state index contributed by atoms with van der Waals surface area (Å²) in [5.41, 5.74) is 0.788. The van der Waals surface area contributed by atoms with Gasteiger partial charge >= 0.3 is 0 Å². The average molecular weight is 254 g/mol. The maximum atomic E-state index is 5.36. The van der Waals surface area contributed by atoms with Gasteiger partial charge in [-0.3, -0.25) is 4.98 Å². The normalized spacial score (nSPS) is 10.1. The van der Waals surface area contributed by atoms with Gasteiger partial charge in [0.25, 0.3) is 5.95 Å². The van der Waals surface area contributed by atoms with Crippen LogP contribution in [0.15, 0.2) is 39.4 Å². The maximum Gasteiger partial charge on any atom is 0.284 e. The molecule has 0 aromatic carbocycles. The molecule has 0 aliphatic heterocycles. The number of pyridine rings is 1. The summed E-state index contributed by atoms with van der Waals surface area (Å²) in [4.78, 5) is 4.20. The summed E-state index contributed by atoms with van der Waals surface area (Å²) in [5.74, 6) is 1.19. The minimum atomic E-state index is 0.490. The van der Waals surface area contributed by atoms with Crippen LogP contribution in [0, 0.1) is 0 Å². The molecule has 0 saturated carbocycles. The summed E-state index contributed by atoms with van der Waals surface area (Å²) in [6.45, 7) is 0. The average Bonchev–Trinajstić information content (AvgIpc) is 2.67. The minimum absolute atomic E-state index is 0.490. The zero-order chi connectivity index (χ0) is 9.97. The molecule has 2 aromatic rings. The molecule has 0 unspecified atom stereocenters. The highest BCUT2D eigenvalue weighted by Gasteiger charge is 2.05. The van der Waals surface area contributed by atoms with Gasteiger partial charge < -0.3 is 9.15 Å². The molecule has 0 radical (unpaired) electrons. The fraction of sp³-hybridized carbons (Fsp3) is 0.100. The summed E-state index contributed by atoms with van der Waals surface area (Å²) in [6.07, 6.45) is 1.73. The highest BCUT2D eigenvalue weighted by Crippen LogP contribution is 2.24. The Hall–Kier alpha value is -1.29. The SMILES string of the molecule is COc1ccc(-c2ccc(Br)cn2)o1. The summed E-state index contributed by atoms with van der Waals surface area (Å²) in [7, 11) is 1.57. The van der Waals surface area contributed by atoms with Crippen molar-refractivity contribution in [3.8, 4) is 17.4 Å². The Balaban J connectivity index is 2.34. The van der Waals surface area contributed by atoms with Crippen LogP contribution in [0.1, 0.15) is 0 Å². The van der Waals surface area contributed by atoms with Gasteiger partial charge in [-0.1, -0.05) is 0 Å². The van der Waals surface area contributed by atoms with Crippen LogP contribution in [-0.4, -0.2) is 12.1 Å². The van der Waals surface area contributed by atoms with Gasteiger partial charge in [0, 0.05) is 16.7 Å². The Morgan fingerprint density at radius 2 is 2.14 bits per heavy atom. The van der Waals surface area contributed by atoms with Crippen molar-refractivity contribution in [3.63, 3.8) is 0 Å². The summed E-state index contributed by atoms with van der Waals surface area (Å²) in [5, 5.41) is 0. The predicted octanol–water partition coefficient (Wildman–Crippen LogP) is 3.11. The van der Waals surface area contributed by atoms with Crippen molar-refractivity contribution in [2.75, 3.05) is 7.11 Å². The van der Waals surface area contributed by atoms with Crippen molar-refractivity contribution in [3.05, 3.63) is 34.9 Å². The fourth-order valence-electron chi connectivity index (χ4n) is 1.09. The molecule has 3 nitrogen and oxygen atoms in total. The Morgan fingerprint density at radius 3 is 2.71 bits per heavy atom. The lowest BCUT2D eigenvalue weighted by Gasteiger charge is -1.95. The molecule has 2 rings (SSSR count). The lowest BCUT2D eigenvalue weighted by molar-refractivity contribution is 0.309. The van der Waals surface area contributed by atoms with Gasteiger partial charge in [-0.2, -0.15) is 0 Å². The first-order valence-electron chi connectivity index (χ1n) is 4.05. The van der Waals surface area contributed by atoms with E-state index < -0.39 is 0 Å². The van der Waals surface area contributed by atoms with Crippen LogP contribution >= 0.6 is 15.9 Å². The van der Waals surface area contributed by atoms with Gasteiger partial charge in [0.05, 0.1) is 7.11 Å². The molecule has 0 bridgehead atoms. The van der Waals surface area contributed by atoms with E-state index in [-0.39, 0.29) is 0 Å². The molecule has 72 valence electrons. The van der Waals surface area contributed by atoms with E-state index in [1.807, 2.05) is 18.2 Å². The largest absolute Gasteiger partial charge is 0.468 e. The van der Waals surface area contributed by atoms with Crippen LogP contribution < -0.4 is 4.74 Å². The molecule has 0 aliphatic carbocycles. The van der Waals surface area contributed by atoms with Crippen LogP contribution in [-0.2, 0) is 0 Å². The molecule has 0 spiro atoms.